The molecule has 0 aromatic heterocycles. The summed E-state index contributed by atoms with van der Waals surface area (Å²) in [4.78, 5) is 10.5. The summed E-state index contributed by atoms with van der Waals surface area (Å²) in [5.74, 6) is -1.82. The molecule has 0 aliphatic heterocycles. The molecule has 1 N–H and O–H groups in total. The standard InChI is InChI=1S/C16H10F4O2/c17-13-6-3-10(4-7-13)12-2-1-11(5-8-15(21)22)14(9-12)16(18,19)20/h1-9H,(H,21,22)/b8-5+. The van der Waals surface area contributed by atoms with E-state index in [4.69, 9.17) is 5.11 Å². The maximum absolute atomic E-state index is 13.1. The van der Waals surface area contributed by atoms with Crippen LogP contribution in [0.4, 0.5) is 17.6 Å². The summed E-state index contributed by atoms with van der Waals surface area (Å²) >= 11 is 0. The lowest BCUT2D eigenvalue weighted by atomic mass is 9.98. The Balaban J connectivity index is 2.52. The van der Waals surface area contributed by atoms with Gasteiger partial charge in [0.15, 0.2) is 0 Å². The molecule has 0 spiro atoms. The minimum Gasteiger partial charge on any atom is -0.478 e. The number of benzene rings is 2. The van der Waals surface area contributed by atoms with Gasteiger partial charge in [-0.3, -0.25) is 0 Å². The van der Waals surface area contributed by atoms with Crippen molar-refractivity contribution in [3.05, 3.63) is 65.5 Å². The molecule has 0 fully saturated rings. The van der Waals surface area contributed by atoms with Crippen molar-refractivity contribution in [3.8, 4) is 11.1 Å². The van der Waals surface area contributed by atoms with Gasteiger partial charge in [-0.1, -0.05) is 24.3 Å². The van der Waals surface area contributed by atoms with E-state index in [0.29, 0.717) is 11.6 Å². The molecule has 2 nitrogen and oxygen atoms in total. The van der Waals surface area contributed by atoms with Crippen molar-refractivity contribution in [3.63, 3.8) is 0 Å². The second kappa shape index (κ2) is 6.01. The summed E-state index contributed by atoms with van der Waals surface area (Å²) in [7, 11) is 0. The van der Waals surface area contributed by atoms with Crippen LogP contribution in [0.1, 0.15) is 11.1 Å². The predicted molar refractivity (Wildman–Crippen MR) is 73.5 cm³/mol. The molecule has 0 atom stereocenters. The fraction of sp³-hybridized carbons (Fsp3) is 0.0625. The fourth-order valence-electron chi connectivity index (χ4n) is 1.93. The number of rotatable bonds is 3. The van der Waals surface area contributed by atoms with Crippen molar-refractivity contribution in [2.24, 2.45) is 0 Å². The van der Waals surface area contributed by atoms with Crippen LogP contribution in [0, 0.1) is 5.82 Å². The molecule has 0 aliphatic rings. The lowest BCUT2D eigenvalue weighted by Gasteiger charge is -2.12. The fourth-order valence-corrected chi connectivity index (χ4v) is 1.93. The quantitative estimate of drug-likeness (QED) is 0.664. The molecule has 0 saturated carbocycles. The molecule has 6 heteroatoms. The van der Waals surface area contributed by atoms with Gasteiger partial charge in [-0.25, -0.2) is 9.18 Å². The molecule has 0 radical (unpaired) electrons. The van der Waals surface area contributed by atoms with Crippen LogP contribution in [-0.4, -0.2) is 11.1 Å². The Kier molecular flexibility index (Phi) is 4.30. The van der Waals surface area contributed by atoms with Crippen LogP contribution in [0.3, 0.4) is 0 Å². The van der Waals surface area contributed by atoms with Crippen LogP contribution in [0.25, 0.3) is 17.2 Å². The van der Waals surface area contributed by atoms with Crippen LogP contribution < -0.4 is 0 Å². The van der Waals surface area contributed by atoms with E-state index in [9.17, 15) is 22.4 Å². The highest BCUT2D eigenvalue weighted by Gasteiger charge is 2.33. The number of halogens is 4. The first-order valence-electron chi connectivity index (χ1n) is 6.15. The lowest BCUT2D eigenvalue weighted by molar-refractivity contribution is -0.137. The largest absolute Gasteiger partial charge is 0.478 e. The Hall–Kier alpha value is -2.63. The van der Waals surface area contributed by atoms with Crippen LogP contribution in [0.15, 0.2) is 48.5 Å². The number of carboxylic acid groups (broad SMARTS) is 1. The van der Waals surface area contributed by atoms with E-state index in [2.05, 4.69) is 0 Å². The lowest BCUT2D eigenvalue weighted by Crippen LogP contribution is -2.07. The average Bonchev–Trinajstić information content (AvgIpc) is 2.45. The van der Waals surface area contributed by atoms with Crippen LogP contribution >= 0.6 is 0 Å². The zero-order chi connectivity index (χ0) is 16.3. The topological polar surface area (TPSA) is 37.3 Å². The third-order valence-electron chi connectivity index (χ3n) is 2.94. The summed E-state index contributed by atoms with van der Waals surface area (Å²) in [6, 6.07) is 8.57. The maximum Gasteiger partial charge on any atom is 0.417 e. The van der Waals surface area contributed by atoms with Crippen molar-refractivity contribution in [1.82, 2.24) is 0 Å². The minimum atomic E-state index is -4.63. The van der Waals surface area contributed by atoms with Gasteiger partial charge in [0.05, 0.1) is 5.56 Å². The van der Waals surface area contributed by atoms with Crippen molar-refractivity contribution in [2.45, 2.75) is 6.18 Å². The smallest absolute Gasteiger partial charge is 0.417 e. The molecule has 0 bridgehead atoms. The van der Waals surface area contributed by atoms with Crippen LogP contribution in [0.2, 0.25) is 0 Å². The third kappa shape index (κ3) is 3.72. The number of aliphatic carboxylic acids is 1. The highest BCUT2D eigenvalue weighted by Crippen LogP contribution is 2.35. The van der Waals surface area contributed by atoms with Gasteiger partial charge in [-0.05, 0) is 41.0 Å². The second-order valence-corrected chi connectivity index (χ2v) is 4.48. The van der Waals surface area contributed by atoms with Crippen molar-refractivity contribution < 1.29 is 27.5 Å². The molecule has 22 heavy (non-hydrogen) atoms. The van der Waals surface area contributed by atoms with E-state index in [0.717, 1.165) is 24.3 Å². The minimum absolute atomic E-state index is 0.249. The van der Waals surface area contributed by atoms with E-state index in [1.54, 1.807) is 0 Å². The Morgan fingerprint density at radius 3 is 2.14 bits per heavy atom. The number of hydrogen-bond donors (Lipinski definition) is 1. The van der Waals surface area contributed by atoms with E-state index in [1.165, 1.54) is 24.3 Å². The van der Waals surface area contributed by atoms with Crippen LogP contribution in [0.5, 0.6) is 0 Å². The predicted octanol–water partition coefficient (Wildman–Crippen LogP) is 4.61. The Morgan fingerprint density at radius 2 is 1.59 bits per heavy atom. The summed E-state index contributed by atoms with van der Waals surface area (Å²) in [5, 5.41) is 8.52. The highest BCUT2D eigenvalue weighted by molar-refractivity contribution is 5.86. The molecular weight excluding hydrogens is 300 g/mol. The van der Waals surface area contributed by atoms with Gasteiger partial charge in [0.2, 0.25) is 0 Å². The molecular formula is C16H10F4O2. The zero-order valence-electron chi connectivity index (χ0n) is 11.1. The molecule has 0 aliphatic carbocycles. The Morgan fingerprint density at radius 1 is 1.00 bits per heavy atom. The van der Waals surface area contributed by atoms with Gasteiger partial charge in [-0.2, -0.15) is 13.2 Å². The van der Waals surface area contributed by atoms with E-state index >= 15 is 0 Å². The molecule has 114 valence electrons. The van der Waals surface area contributed by atoms with E-state index < -0.39 is 23.5 Å². The number of carbonyl (C=O) groups is 1. The maximum atomic E-state index is 13.1. The van der Waals surface area contributed by atoms with Gasteiger partial charge < -0.3 is 5.11 Å². The van der Waals surface area contributed by atoms with Gasteiger partial charge in [0, 0.05) is 6.08 Å². The summed E-state index contributed by atoms with van der Waals surface area (Å²) in [6.07, 6.45) is -3.10. The van der Waals surface area contributed by atoms with Crippen molar-refractivity contribution >= 4 is 12.0 Å². The van der Waals surface area contributed by atoms with Gasteiger partial charge in [0.25, 0.3) is 0 Å². The molecule has 2 aromatic carbocycles. The van der Waals surface area contributed by atoms with E-state index in [-0.39, 0.29) is 11.1 Å². The van der Waals surface area contributed by atoms with Crippen molar-refractivity contribution in [1.29, 1.82) is 0 Å². The first-order valence-corrected chi connectivity index (χ1v) is 6.15. The molecule has 0 amide bonds. The van der Waals surface area contributed by atoms with Gasteiger partial charge in [0.1, 0.15) is 5.82 Å². The number of hydrogen-bond acceptors (Lipinski definition) is 1. The summed E-state index contributed by atoms with van der Waals surface area (Å²) in [5.41, 5.74) is -0.506. The number of alkyl halides is 3. The summed E-state index contributed by atoms with van der Waals surface area (Å²) < 4.78 is 52.1. The first kappa shape index (κ1) is 15.8. The zero-order valence-corrected chi connectivity index (χ0v) is 11.1. The summed E-state index contributed by atoms with van der Waals surface area (Å²) in [6.45, 7) is 0. The van der Waals surface area contributed by atoms with E-state index in [1.807, 2.05) is 0 Å². The number of carboxylic acids is 1. The molecule has 2 aromatic rings. The Bertz CT molecular complexity index is 716. The van der Waals surface area contributed by atoms with Crippen LogP contribution in [-0.2, 0) is 11.0 Å². The van der Waals surface area contributed by atoms with Gasteiger partial charge in [-0.15, -0.1) is 0 Å². The second-order valence-electron chi connectivity index (χ2n) is 4.48. The highest BCUT2D eigenvalue weighted by atomic mass is 19.4. The Labute approximate surface area is 123 Å². The van der Waals surface area contributed by atoms with Gasteiger partial charge >= 0.3 is 12.1 Å². The molecule has 0 heterocycles. The molecule has 0 saturated heterocycles. The van der Waals surface area contributed by atoms with Crippen molar-refractivity contribution in [2.75, 3.05) is 0 Å². The average molecular weight is 310 g/mol. The first-order chi connectivity index (χ1) is 10.3. The SMILES string of the molecule is O=C(O)/C=C/c1ccc(-c2ccc(F)cc2)cc1C(F)(F)F. The molecule has 2 rings (SSSR count). The molecule has 0 unspecified atom stereocenters. The monoisotopic (exact) mass is 310 g/mol. The normalized spacial score (nSPS) is 11.8. The third-order valence-corrected chi connectivity index (χ3v) is 2.94.